The number of carbonyl (C=O) groups excluding carboxylic acids is 1. The van der Waals surface area contributed by atoms with Gasteiger partial charge in [-0.05, 0) is 48.7 Å². The Kier molecular flexibility index (Phi) is 3.40. The maximum absolute atomic E-state index is 12.6. The first-order valence-corrected chi connectivity index (χ1v) is 7.09. The van der Waals surface area contributed by atoms with E-state index in [2.05, 4.69) is 11.4 Å². The topological polar surface area (TPSA) is 52.9 Å². The number of hydrogen-bond acceptors (Lipinski definition) is 2. The molecule has 1 N–H and O–H groups in total. The number of carbonyl (C=O) groups is 1. The number of amides is 1. The first-order chi connectivity index (χ1) is 10.1. The number of anilines is 1. The highest BCUT2D eigenvalue weighted by molar-refractivity contribution is 6.30. The summed E-state index contributed by atoms with van der Waals surface area (Å²) in [6.07, 6.45) is 1.63. The van der Waals surface area contributed by atoms with E-state index in [0.717, 1.165) is 18.4 Å². The van der Waals surface area contributed by atoms with Gasteiger partial charge in [0.05, 0.1) is 17.0 Å². The molecule has 0 aliphatic heterocycles. The molecule has 0 heterocycles. The zero-order valence-electron chi connectivity index (χ0n) is 11.3. The van der Waals surface area contributed by atoms with Crippen molar-refractivity contribution in [3.05, 3.63) is 64.7 Å². The van der Waals surface area contributed by atoms with Crippen LogP contribution in [-0.4, -0.2) is 5.91 Å². The monoisotopic (exact) mass is 296 g/mol. The van der Waals surface area contributed by atoms with Gasteiger partial charge in [-0.1, -0.05) is 29.8 Å². The van der Waals surface area contributed by atoms with Gasteiger partial charge in [0.25, 0.3) is 0 Å². The smallest absolute Gasteiger partial charge is 0.235 e. The highest BCUT2D eigenvalue weighted by Crippen LogP contribution is 2.49. The fourth-order valence-corrected chi connectivity index (χ4v) is 2.67. The molecule has 1 aliphatic carbocycles. The lowest BCUT2D eigenvalue weighted by Crippen LogP contribution is -2.27. The van der Waals surface area contributed by atoms with Gasteiger partial charge in [-0.15, -0.1) is 0 Å². The van der Waals surface area contributed by atoms with Gasteiger partial charge in [0, 0.05) is 10.7 Å². The molecule has 1 amide bonds. The SMILES string of the molecule is N#Cc1cccc(NC(=O)C2(c3cccc(Cl)c3)CC2)c1. The van der Waals surface area contributed by atoms with Gasteiger partial charge in [-0.25, -0.2) is 0 Å². The maximum Gasteiger partial charge on any atom is 0.235 e. The Balaban J connectivity index is 1.84. The second-order valence-electron chi connectivity index (χ2n) is 5.24. The molecule has 1 saturated carbocycles. The highest BCUT2D eigenvalue weighted by atomic mass is 35.5. The van der Waals surface area contributed by atoms with E-state index >= 15 is 0 Å². The van der Waals surface area contributed by atoms with E-state index in [1.165, 1.54) is 0 Å². The van der Waals surface area contributed by atoms with Gasteiger partial charge in [-0.2, -0.15) is 5.26 Å². The quantitative estimate of drug-likeness (QED) is 0.934. The van der Waals surface area contributed by atoms with Crippen molar-refractivity contribution in [2.45, 2.75) is 18.3 Å². The van der Waals surface area contributed by atoms with Crippen LogP contribution in [0.4, 0.5) is 5.69 Å². The Morgan fingerprint density at radius 3 is 2.62 bits per heavy atom. The number of halogens is 1. The van der Waals surface area contributed by atoms with Crippen molar-refractivity contribution in [1.29, 1.82) is 5.26 Å². The summed E-state index contributed by atoms with van der Waals surface area (Å²) in [6.45, 7) is 0. The summed E-state index contributed by atoms with van der Waals surface area (Å²) < 4.78 is 0. The second-order valence-corrected chi connectivity index (χ2v) is 5.68. The molecule has 0 radical (unpaired) electrons. The van der Waals surface area contributed by atoms with Gasteiger partial charge in [0.1, 0.15) is 0 Å². The molecule has 0 bridgehead atoms. The van der Waals surface area contributed by atoms with Crippen LogP contribution in [0.25, 0.3) is 0 Å². The summed E-state index contributed by atoms with van der Waals surface area (Å²) in [5.41, 5.74) is 1.64. The second kappa shape index (κ2) is 5.23. The molecular weight excluding hydrogens is 284 g/mol. The largest absolute Gasteiger partial charge is 0.325 e. The van der Waals surface area contributed by atoms with Crippen LogP contribution in [0.5, 0.6) is 0 Å². The zero-order chi connectivity index (χ0) is 14.9. The van der Waals surface area contributed by atoms with Crippen LogP contribution in [0.3, 0.4) is 0 Å². The van der Waals surface area contributed by atoms with Crippen molar-refractivity contribution in [2.24, 2.45) is 0 Å². The Morgan fingerprint density at radius 1 is 1.19 bits per heavy atom. The summed E-state index contributed by atoms with van der Waals surface area (Å²) in [7, 11) is 0. The van der Waals surface area contributed by atoms with Crippen molar-refractivity contribution in [1.82, 2.24) is 0 Å². The molecule has 21 heavy (non-hydrogen) atoms. The van der Waals surface area contributed by atoms with E-state index in [4.69, 9.17) is 16.9 Å². The number of rotatable bonds is 3. The molecule has 0 aromatic heterocycles. The number of nitrogens with one attached hydrogen (secondary N) is 1. The molecule has 3 nitrogen and oxygen atoms in total. The van der Waals surface area contributed by atoms with E-state index in [1.807, 2.05) is 18.2 Å². The molecule has 2 aromatic carbocycles. The van der Waals surface area contributed by atoms with E-state index in [1.54, 1.807) is 30.3 Å². The Morgan fingerprint density at radius 2 is 1.95 bits per heavy atom. The predicted octanol–water partition coefficient (Wildman–Crippen LogP) is 3.88. The lowest BCUT2D eigenvalue weighted by molar-refractivity contribution is -0.118. The third-order valence-corrected chi connectivity index (χ3v) is 4.05. The predicted molar refractivity (Wildman–Crippen MR) is 82.2 cm³/mol. The van der Waals surface area contributed by atoms with E-state index in [9.17, 15) is 4.79 Å². The summed E-state index contributed by atoms with van der Waals surface area (Å²) in [6, 6.07) is 16.4. The number of benzene rings is 2. The van der Waals surface area contributed by atoms with E-state index in [0.29, 0.717) is 16.3 Å². The molecule has 4 heteroatoms. The third-order valence-electron chi connectivity index (χ3n) is 3.81. The van der Waals surface area contributed by atoms with Crippen LogP contribution >= 0.6 is 11.6 Å². The fraction of sp³-hybridized carbons (Fsp3) is 0.176. The Hall–Kier alpha value is -2.31. The number of hydrogen-bond donors (Lipinski definition) is 1. The van der Waals surface area contributed by atoms with E-state index in [-0.39, 0.29) is 5.91 Å². The zero-order valence-corrected chi connectivity index (χ0v) is 12.0. The molecule has 1 fully saturated rings. The molecule has 1 aliphatic rings. The number of nitrogens with zero attached hydrogens (tertiary/aromatic N) is 1. The highest BCUT2D eigenvalue weighted by Gasteiger charge is 2.51. The lowest BCUT2D eigenvalue weighted by atomic mass is 9.95. The molecule has 0 spiro atoms. The fourth-order valence-electron chi connectivity index (χ4n) is 2.48. The van der Waals surface area contributed by atoms with Crippen molar-refractivity contribution >= 4 is 23.2 Å². The van der Waals surface area contributed by atoms with Gasteiger partial charge in [-0.3, -0.25) is 4.79 Å². The third kappa shape index (κ3) is 2.63. The summed E-state index contributed by atoms with van der Waals surface area (Å²) in [4.78, 5) is 12.6. The standard InChI is InChI=1S/C17H13ClN2O/c18-14-5-2-4-13(10-14)17(7-8-17)16(21)20-15-6-1-3-12(9-15)11-19/h1-6,9-10H,7-8H2,(H,20,21). The lowest BCUT2D eigenvalue weighted by Gasteiger charge is -2.16. The first-order valence-electron chi connectivity index (χ1n) is 6.72. The Labute approximate surface area is 128 Å². The van der Waals surface area contributed by atoms with E-state index < -0.39 is 5.41 Å². The molecule has 0 atom stereocenters. The molecular formula is C17H13ClN2O. The average Bonchev–Trinajstić information content (AvgIpc) is 3.29. The van der Waals surface area contributed by atoms with Crippen LogP contribution in [0, 0.1) is 11.3 Å². The molecule has 0 unspecified atom stereocenters. The van der Waals surface area contributed by atoms with Gasteiger partial charge in [0.2, 0.25) is 5.91 Å². The normalized spacial score (nSPS) is 15.0. The Bertz CT molecular complexity index is 744. The summed E-state index contributed by atoms with van der Waals surface area (Å²) in [5, 5.41) is 12.4. The molecule has 2 aromatic rings. The van der Waals surface area contributed by atoms with Gasteiger partial charge < -0.3 is 5.32 Å². The van der Waals surface area contributed by atoms with Crippen LogP contribution in [0.15, 0.2) is 48.5 Å². The summed E-state index contributed by atoms with van der Waals surface area (Å²) >= 11 is 6.02. The van der Waals surface area contributed by atoms with Crippen LogP contribution in [0.1, 0.15) is 24.0 Å². The van der Waals surface area contributed by atoms with Crippen molar-refractivity contribution in [2.75, 3.05) is 5.32 Å². The minimum atomic E-state index is -0.479. The van der Waals surface area contributed by atoms with Gasteiger partial charge in [0.15, 0.2) is 0 Å². The first kappa shape index (κ1) is 13.7. The minimum absolute atomic E-state index is 0.0418. The molecule has 3 rings (SSSR count). The molecule has 0 saturated heterocycles. The van der Waals surface area contributed by atoms with Crippen molar-refractivity contribution in [3.63, 3.8) is 0 Å². The van der Waals surface area contributed by atoms with Crippen molar-refractivity contribution in [3.8, 4) is 6.07 Å². The minimum Gasteiger partial charge on any atom is -0.325 e. The van der Waals surface area contributed by atoms with Crippen LogP contribution in [0.2, 0.25) is 5.02 Å². The maximum atomic E-state index is 12.6. The van der Waals surface area contributed by atoms with Crippen LogP contribution < -0.4 is 5.32 Å². The number of nitriles is 1. The van der Waals surface area contributed by atoms with Crippen LogP contribution in [-0.2, 0) is 10.2 Å². The average molecular weight is 297 g/mol. The summed E-state index contributed by atoms with van der Waals surface area (Å²) in [5.74, 6) is -0.0418. The van der Waals surface area contributed by atoms with Crippen molar-refractivity contribution < 1.29 is 4.79 Å². The molecule has 104 valence electrons. The van der Waals surface area contributed by atoms with Gasteiger partial charge >= 0.3 is 0 Å².